The number of carbonyl (C=O) groups is 1. The Hall–Kier alpha value is -3.20. The van der Waals surface area contributed by atoms with E-state index in [0.29, 0.717) is 34.8 Å². The molecule has 0 aliphatic heterocycles. The Balaban J connectivity index is 1.81. The molecule has 158 valence electrons. The molecule has 0 saturated heterocycles. The molecule has 30 heavy (non-hydrogen) atoms. The quantitative estimate of drug-likeness (QED) is 0.520. The zero-order chi connectivity index (χ0) is 21.5. The molecule has 3 aromatic rings. The van der Waals surface area contributed by atoms with E-state index < -0.39 is 0 Å². The van der Waals surface area contributed by atoms with Gasteiger partial charge in [0.05, 0.1) is 27.1 Å². The maximum absolute atomic E-state index is 12.3. The summed E-state index contributed by atoms with van der Waals surface area (Å²) in [5.74, 6) is 2.36. The monoisotopic (exact) mass is 428 g/mol. The molecule has 1 amide bonds. The van der Waals surface area contributed by atoms with Crippen LogP contribution in [0.2, 0.25) is 0 Å². The van der Waals surface area contributed by atoms with Gasteiger partial charge in [-0.1, -0.05) is 30.0 Å². The van der Waals surface area contributed by atoms with Crippen molar-refractivity contribution in [2.75, 3.05) is 32.4 Å². The minimum absolute atomic E-state index is 0.105. The average Bonchev–Trinajstić information content (AvgIpc) is 3.20. The summed E-state index contributed by atoms with van der Waals surface area (Å²) in [4.78, 5) is 12.3. The summed E-state index contributed by atoms with van der Waals surface area (Å²) in [5, 5.41) is 12.1. The number of hydrogen-bond donors (Lipinski definition) is 1. The highest BCUT2D eigenvalue weighted by Crippen LogP contribution is 2.41. The molecule has 8 nitrogen and oxygen atoms in total. The number of methoxy groups -OCH3 is 3. The fourth-order valence-corrected chi connectivity index (χ4v) is 3.76. The number of hydrogen-bond acceptors (Lipinski definition) is 7. The van der Waals surface area contributed by atoms with E-state index in [0.717, 1.165) is 11.3 Å². The Labute approximate surface area is 179 Å². The van der Waals surface area contributed by atoms with Gasteiger partial charge in [-0.3, -0.25) is 4.79 Å². The summed E-state index contributed by atoms with van der Waals surface area (Å²) in [7, 11) is 4.69. The highest BCUT2D eigenvalue weighted by molar-refractivity contribution is 7.99. The molecule has 0 aliphatic rings. The van der Waals surface area contributed by atoms with Crippen LogP contribution in [0.4, 0.5) is 5.69 Å². The number of anilines is 1. The number of ether oxygens (including phenoxy) is 3. The van der Waals surface area contributed by atoms with E-state index in [-0.39, 0.29) is 11.7 Å². The molecule has 0 spiro atoms. The molecule has 0 aliphatic carbocycles. The third-order valence-electron chi connectivity index (χ3n) is 4.35. The van der Waals surface area contributed by atoms with Crippen LogP contribution in [0.5, 0.6) is 17.2 Å². The van der Waals surface area contributed by atoms with Crippen LogP contribution in [0.25, 0.3) is 11.4 Å². The second-order valence-corrected chi connectivity index (χ2v) is 7.11. The summed E-state index contributed by atoms with van der Waals surface area (Å²) in [6, 6.07) is 13.0. The highest BCUT2D eigenvalue weighted by atomic mass is 32.2. The largest absolute Gasteiger partial charge is 0.493 e. The molecular weight excluding hydrogens is 404 g/mol. The van der Waals surface area contributed by atoms with Crippen LogP contribution in [-0.4, -0.2) is 47.8 Å². The normalized spacial score (nSPS) is 10.5. The predicted molar refractivity (Wildman–Crippen MR) is 117 cm³/mol. The van der Waals surface area contributed by atoms with Gasteiger partial charge < -0.3 is 24.1 Å². The number of thioether (sulfide) groups is 1. The van der Waals surface area contributed by atoms with Crippen molar-refractivity contribution in [2.24, 2.45) is 0 Å². The molecule has 0 bridgehead atoms. The molecule has 1 aromatic heterocycles. The summed E-state index contributed by atoms with van der Waals surface area (Å²) in [5.41, 5.74) is 1.54. The van der Waals surface area contributed by atoms with E-state index in [4.69, 9.17) is 14.2 Å². The Morgan fingerprint density at radius 3 is 2.27 bits per heavy atom. The van der Waals surface area contributed by atoms with E-state index >= 15 is 0 Å². The number of para-hydroxylation sites is 1. The van der Waals surface area contributed by atoms with Crippen LogP contribution >= 0.6 is 11.8 Å². The van der Waals surface area contributed by atoms with Crippen molar-refractivity contribution in [3.63, 3.8) is 0 Å². The van der Waals surface area contributed by atoms with Crippen LogP contribution in [0, 0.1) is 0 Å². The van der Waals surface area contributed by atoms with E-state index in [1.807, 2.05) is 54.0 Å². The summed E-state index contributed by atoms with van der Waals surface area (Å²) in [6.45, 7) is 2.64. The summed E-state index contributed by atoms with van der Waals surface area (Å²) in [6.07, 6.45) is 0. The highest BCUT2D eigenvalue weighted by Gasteiger charge is 2.19. The van der Waals surface area contributed by atoms with Crippen molar-refractivity contribution in [2.45, 2.75) is 18.6 Å². The average molecular weight is 429 g/mol. The first-order valence-corrected chi connectivity index (χ1v) is 10.3. The molecule has 3 rings (SSSR count). The van der Waals surface area contributed by atoms with Gasteiger partial charge in [-0.25, -0.2) is 0 Å². The van der Waals surface area contributed by atoms with Crippen molar-refractivity contribution in [1.82, 2.24) is 14.8 Å². The van der Waals surface area contributed by atoms with Crippen molar-refractivity contribution in [3.8, 4) is 28.6 Å². The fourth-order valence-electron chi connectivity index (χ4n) is 2.95. The Morgan fingerprint density at radius 1 is 1.03 bits per heavy atom. The number of amides is 1. The third kappa shape index (κ3) is 4.68. The summed E-state index contributed by atoms with van der Waals surface area (Å²) < 4.78 is 18.2. The SMILES string of the molecule is CCn1c(SCC(=O)Nc2ccccc2)nnc1-c1cc(OC)c(OC)c(OC)c1. The van der Waals surface area contributed by atoms with Gasteiger partial charge in [0.15, 0.2) is 22.5 Å². The summed E-state index contributed by atoms with van der Waals surface area (Å²) >= 11 is 1.33. The number of aromatic nitrogens is 3. The third-order valence-corrected chi connectivity index (χ3v) is 5.31. The molecule has 2 aromatic carbocycles. The Bertz CT molecular complexity index is 982. The minimum atomic E-state index is -0.105. The zero-order valence-corrected chi connectivity index (χ0v) is 18.2. The number of carbonyl (C=O) groups excluding carboxylic acids is 1. The molecule has 0 saturated carbocycles. The van der Waals surface area contributed by atoms with Crippen molar-refractivity contribution in [1.29, 1.82) is 0 Å². The first-order valence-electron chi connectivity index (χ1n) is 9.32. The number of rotatable bonds is 9. The maximum atomic E-state index is 12.3. The molecule has 9 heteroatoms. The fraction of sp³-hybridized carbons (Fsp3) is 0.286. The first kappa shape index (κ1) is 21.5. The van der Waals surface area contributed by atoms with E-state index in [1.165, 1.54) is 11.8 Å². The van der Waals surface area contributed by atoms with Gasteiger partial charge >= 0.3 is 0 Å². The van der Waals surface area contributed by atoms with Crippen LogP contribution in [0.3, 0.4) is 0 Å². The topological polar surface area (TPSA) is 87.5 Å². The van der Waals surface area contributed by atoms with Gasteiger partial charge in [0.2, 0.25) is 11.7 Å². The first-order chi connectivity index (χ1) is 14.6. The smallest absolute Gasteiger partial charge is 0.234 e. The molecule has 0 unspecified atom stereocenters. The van der Waals surface area contributed by atoms with Gasteiger partial charge in [0.1, 0.15) is 0 Å². The van der Waals surface area contributed by atoms with Crippen molar-refractivity contribution >= 4 is 23.4 Å². The minimum Gasteiger partial charge on any atom is -0.493 e. The molecule has 1 heterocycles. The van der Waals surface area contributed by atoms with Crippen molar-refractivity contribution < 1.29 is 19.0 Å². The number of nitrogens with zero attached hydrogens (tertiary/aromatic N) is 3. The standard InChI is InChI=1S/C21H24N4O4S/c1-5-25-20(14-11-16(27-2)19(29-4)17(12-14)28-3)23-24-21(25)30-13-18(26)22-15-9-7-6-8-10-15/h6-12H,5,13H2,1-4H3,(H,22,26). The second kappa shape index (κ2) is 10.0. The lowest BCUT2D eigenvalue weighted by Gasteiger charge is -2.14. The zero-order valence-electron chi connectivity index (χ0n) is 17.3. The molecule has 0 fully saturated rings. The molecular formula is C21H24N4O4S. The predicted octanol–water partition coefficient (Wildman–Crippen LogP) is 3.72. The molecule has 0 radical (unpaired) electrons. The van der Waals surface area contributed by atoms with E-state index in [9.17, 15) is 4.79 Å². The lowest BCUT2D eigenvalue weighted by Crippen LogP contribution is -2.14. The maximum Gasteiger partial charge on any atom is 0.234 e. The molecule has 0 atom stereocenters. The number of benzene rings is 2. The Morgan fingerprint density at radius 2 is 1.70 bits per heavy atom. The second-order valence-electron chi connectivity index (χ2n) is 6.17. The van der Waals surface area contributed by atoms with Gasteiger partial charge in [0, 0.05) is 17.8 Å². The van der Waals surface area contributed by atoms with Gasteiger partial charge in [-0.05, 0) is 31.2 Å². The van der Waals surface area contributed by atoms with Gasteiger partial charge in [0.25, 0.3) is 0 Å². The number of nitrogens with one attached hydrogen (secondary N) is 1. The van der Waals surface area contributed by atoms with Crippen LogP contribution < -0.4 is 19.5 Å². The lowest BCUT2D eigenvalue weighted by molar-refractivity contribution is -0.113. The van der Waals surface area contributed by atoms with Crippen molar-refractivity contribution in [3.05, 3.63) is 42.5 Å². The molecule has 1 N–H and O–H groups in total. The van der Waals surface area contributed by atoms with Gasteiger partial charge in [-0.2, -0.15) is 0 Å². The van der Waals surface area contributed by atoms with E-state index in [1.54, 1.807) is 21.3 Å². The Kier molecular flexibility index (Phi) is 7.18. The van der Waals surface area contributed by atoms with E-state index in [2.05, 4.69) is 15.5 Å². The van der Waals surface area contributed by atoms with Crippen LogP contribution in [-0.2, 0) is 11.3 Å². The van der Waals surface area contributed by atoms with Crippen LogP contribution in [0.1, 0.15) is 6.92 Å². The van der Waals surface area contributed by atoms with Crippen LogP contribution in [0.15, 0.2) is 47.6 Å². The lowest BCUT2D eigenvalue weighted by atomic mass is 10.1. The van der Waals surface area contributed by atoms with Gasteiger partial charge in [-0.15, -0.1) is 10.2 Å².